The van der Waals surface area contributed by atoms with Crippen LogP contribution in [0.3, 0.4) is 0 Å². The molecule has 1 unspecified atom stereocenters. The third-order valence-electron chi connectivity index (χ3n) is 3.29. The van der Waals surface area contributed by atoms with Crippen LogP contribution in [0.25, 0.3) is 0 Å². The monoisotopic (exact) mass is 259 g/mol. The Morgan fingerprint density at radius 1 is 1.11 bits per heavy atom. The van der Waals surface area contributed by atoms with Gasteiger partial charge < -0.3 is 14.8 Å². The van der Waals surface area contributed by atoms with E-state index < -0.39 is 0 Å². The first-order valence-corrected chi connectivity index (χ1v) is 6.75. The van der Waals surface area contributed by atoms with Crippen LogP contribution in [0.15, 0.2) is 42.7 Å². The second kappa shape index (κ2) is 6.55. The molecule has 0 amide bonds. The molecule has 0 aliphatic rings. The largest absolute Gasteiger partial charge is 0.392 e. The van der Waals surface area contributed by atoms with Crippen LogP contribution in [0, 0.1) is 0 Å². The van der Waals surface area contributed by atoms with Crippen molar-refractivity contribution in [3.05, 3.63) is 59.4 Å². The van der Waals surface area contributed by atoms with Crippen molar-refractivity contribution < 1.29 is 10.2 Å². The van der Waals surface area contributed by atoms with Crippen molar-refractivity contribution in [3.8, 4) is 0 Å². The zero-order chi connectivity index (χ0) is 13.7. The molecule has 1 heterocycles. The van der Waals surface area contributed by atoms with Gasteiger partial charge in [-0.1, -0.05) is 37.6 Å². The van der Waals surface area contributed by atoms with Crippen LogP contribution in [-0.2, 0) is 13.2 Å². The van der Waals surface area contributed by atoms with Gasteiger partial charge in [0.1, 0.15) is 0 Å². The van der Waals surface area contributed by atoms with E-state index in [2.05, 4.69) is 11.5 Å². The number of aliphatic hydroxyl groups excluding tert-OH is 2. The molecule has 0 saturated heterocycles. The molecular formula is C16H21NO2. The molecule has 102 valence electrons. The summed E-state index contributed by atoms with van der Waals surface area (Å²) in [5.74, 6) is 0. The fourth-order valence-electron chi connectivity index (χ4n) is 2.16. The molecule has 0 fully saturated rings. The first-order chi connectivity index (χ1) is 9.22. The van der Waals surface area contributed by atoms with Gasteiger partial charge >= 0.3 is 0 Å². The molecule has 2 rings (SSSR count). The lowest BCUT2D eigenvalue weighted by atomic mass is 10.1. The summed E-state index contributed by atoms with van der Waals surface area (Å²) in [6.07, 6.45) is 5.42. The molecule has 0 radical (unpaired) electrons. The third kappa shape index (κ3) is 3.69. The Hall–Kier alpha value is -1.58. The first-order valence-electron chi connectivity index (χ1n) is 6.75. The maximum Gasteiger partial charge on any atom is 0.0804 e. The van der Waals surface area contributed by atoms with Crippen molar-refractivity contribution in [2.75, 3.05) is 0 Å². The number of aromatic nitrogens is 1. The molecule has 3 nitrogen and oxygen atoms in total. The van der Waals surface area contributed by atoms with Gasteiger partial charge in [0.2, 0.25) is 0 Å². The van der Waals surface area contributed by atoms with Crippen molar-refractivity contribution in [2.45, 2.75) is 39.0 Å². The van der Waals surface area contributed by atoms with Gasteiger partial charge in [-0.3, -0.25) is 0 Å². The highest BCUT2D eigenvalue weighted by atomic mass is 16.3. The van der Waals surface area contributed by atoms with Crippen molar-refractivity contribution in [1.29, 1.82) is 0 Å². The second-order valence-corrected chi connectivity index (χ2v) is 4.90. The molecule has 3 heteroatoms. The molecule has 19 heavy (non-hydrogen) atoms. The van der Waals surface area contributed by atoms with Crippen molar-refractivity contribution >= 4 is 0 Å². The summed E-state index contributed by atoms with van der Waals surface area (Å²) in [6, 6.07) is 9.89. The predicted octanol–water partition coefficient (Wildman–Crippen LogP) is 2.86. The minimum absolute atomic E-state index is 0.0805. The van der Waals surface area contributed by atoms with E-state index in [1.54, 1.807) is 0 Å². The van der Waals surface area contributed by atoms with Gasteiger partial charge in [0.15, 0.2) is 0 Å². The molecule has 1 aromatic carbocycles. The highest BCUT2D eigenvalue weighted by Crippen LogP contribution is 2.19. The van der Waals surface area contributed by atoms with E-state index in [1.165, 1.54) is 5.56 Å². The summed E-state index contributed by atoms with van der Waals surface area (Å²) >= 11 is 0. The minimum atomic E-state index is -0.358. The molecule has 0 spiro atoms. The molecule has 1 atom stereocenters. The summed E-state index contributed by atoms with van der Waals surface area (Å²) in [5.41, 5.74) is 3.09. The van der Waals surface area contributed by atoms with Gasteiger partial charge in [0, 0.05) is 18.9 Å². The van der Waals surface area contributed by atoms with Gasteiger partial charge in [-0.2, -0.15) is 0 Å². The Morgan fingerprint density at radius 3 is 2.42 bits per heavy atom. The smallest absolute Gasteiger partial charge is 0.0804 e. The SMILES string of the molecule is CCCC(O)c1ccn(Cc2ccc(CO)cc2)c1. The van der Waals surface area contributed by atoms with E-state index in [-0.39, 0.29) is 12.7 Å². The Kier molecular flexibility index (Phi) is 4.77. The molecule has 0 aliphatic carbocycles. The van der Waals surface area contributed by atoms with Crippen LogP contribution in [0.1, 0.15) is 42.6 Å². The van der Waals surface area contributed by atoms with E-state index in [1.807, 2.05) is 42.7 Å². The summed E-state index contributed by atoms with van der Waals surface area (Å²) in [4.78, 5) is 0. The zero-order valence-corrected chi connectivity index (χ0v) is 11.3. The Bertz CT molecular complexity index is 502. The van der Waals surface area contributed by atoms with Gasteiger partial charge in [-0.25, -0.2) is 0 Å². The number of aliphatic hydroxyl groups is 2. The molecule has 1 aromatic heterocycles. The predicted molar refractivity (Wildman–Crippen MR) is 75.8 cm³/mol. The lowest BCUT2D eigenvalue weighted by Crippen LogP contribution is -1.98. The Balaban J connectivity index is 2.02. The molecular weight excluding hydrogens is 238 g/mol. The second-order valence-electron chi connectivity index (χ2n) is 4.90. The van der Waals surface area contributed by atoms with Crippen LogP contribution in [0.5, 0.6) is 0 Å². The lowest BCUT2D eigenvalue weighted by molar-refractivity contribution is 0.166. The van der Waals surface area contributed by atoms with E-state index in [4.69, 9.17) is 5.11 Å². The van der Waals surface area contributed by atoms with Gasteiger partial charge in [-0.15, -0.1) is 0 Å². The Morgan fingerprint density at radius 2 is 1.79 bits per heavy atom. The summed E-state index contributed by atoms with van der Waals surface area (Å²) < 4.78 is 2.07. The molecule has 0 bridgehead atoms. The number of hydrogen-bond donors (Lipinski definition) is 2. The maximum atomic E-state index is 9.93. The molecule has 2 aromatic rings. The fourth-order valence-corrected chi connectivity index (χ4v) is 2.16. The van der Waals surface area contributed by atoms with E-state index >= 15 is 0 Å². The van der Waals surface area contributed by atoms with Gasteiger partial charge in [-0.05, 0) is 29.2 Å². The summed E-state index contributed by atoms with van der Waals surface area (Å²) in [7, 11) is 0. The van der Waals surface area contributed by atoms with Crippen LogP contribution < -0.4 is 0 Å². The van der Waals surface area contributed by atoms with E-state index in [0.29, 0.717) is 0 Å². The molecule has 2 N–H and O–H groups in total. The highest BCUT2D eigenvalue weighted by Gasteiger charge is 2.07. The summed E-state index contributed by atoms with van der Waals surface area (Å²) in [5, 5.41) is 18.9. The Labute approximate surface area is 114 Å². The van der Waals surface area contributed by atoms with Gasteiger partial charge in [0.25, 0.3) is 0 Å². The van der Waals surface area contributed by atoms with Crippen molar-refractivity contribution in [1.82, 2.24) is 4.57 Å². The zero-order valence-electron chi connectivity index (χ0n) is 11.3. The highest BCUT2D eigenvalue weighted by molar-refractivity contribution is 5.23. The quantitative estimate of drug-likeness (QED) is 0.838. The van der Waals surface area contributed by atoms with Crippen molar-refractivity contribution in [3.63, 3.8) is 0 Å². The van der Waals surface area contributed by atoms with E-state index in [0.717, 1.165) is 30.5 Å². The average molecular weight is 259 g/mol. The summed E-state index contributed by atoms with van der Waals surface area (Å²) in [6.45, 7) is 2.94. The van der Waals surface area contributed by atoms with Crippen LogP contribution in [0.2, 0.25) is 0 Å². The molecule has 0 saturated carbocycles. The number of benzene rings is 1. The fraction of sp³-hybridized carbons (Fsp3) is 0.375. The van der Waals surface area contributed by atoms with Crippen molar-refractivity contribution in [2.24, 2.45) is 0 Å². The number of nitrogens with zero attached hydrogens (tertiary/aromatic N) is 1. The average Bonchev–Trinajstić information content (AvgIpc) is 2.88. The lowest BCUT2D eigenvalue weighted by Gasteiger charge is -2.07. The molecule has 0 aliphatic heterocycles. The van der Waals surface area contributed by atoms with Crippen LogP contribution >= 0.6 is 0 Å². The maximum absolute atomic E-state index is 9.93. The topological polar surface area (TPSA) is 45.4 Å². The minimum Gasteiger partial charge on any atom is -0.392 e. The number of rotatable bonds is 6. The normalized spacial score (nSPS) is 12.6. The standard InChI is InChI=1S/C16H21NO2/c1-2-3-16(19)15-8-9-17(11-15)10-13-4-6-14(12-18)7-5-13/h4-9,11,16,18-19H,2-3,10,12H2,1H3. The van der Waals surface area contributed by atoms with Gasteiger partial charge in [0.05, 0.1) is 12.7 Å². The third-order valence-corrected chi connectivity index (χ3v) is 3.29. The van der Waals surface area contributed by atoms with E-state index in [9.17, 15) is 5.11 Å². The van der Waals surface area contributed by atoms with Crippen LogP contribution in [0.4, 0.5) is 0 Å². The van der Waals surface area contributed by atoms with Crippen LogP contribution in [-0.4, -0.2) is 14.8 Å². The first kappa shape index (κ1) is 13.8. The number of hydrogen-bond acceptors (Lipinski definition) is 2.